The lowest BCUT2D eigenvalue weighted by Crippen LogP contribution is -2.53. The number of carbonyl (C=O) groups excluding carboxylic acids is 1. The largest absolute Gasteiger partial charge is 0.384 e. The van der Waals surface area contributed by atoms with Gasteiger partial charge in [-0.2, -0.15) is 0 Å². The van der Waals surface area contributed by atoms with Gasteiger partial charge in [-0.1, -0.05) is 54.6 Å². The van der Waals surface area contributed by atoms with Gasteiger partial charge in [-0.15, -0.1) is 0 Å². The molecule has 1 aliphatic heterocycles. The Morgan fingerprint density at radius 3 is 2.30 bits per heavy atom. The zero-order chi connectivity index (χ0) is 39.9. The summed E-state index contributed by atoms with van der Waals surface area (Å²) in [5.41, 5.74) is 18.8. The number of carbonyl (C=O) groups is 1. The maximum absolute atomic E-state index is 12.3. The standard InChI is InChI=1S/C42H53N11O4/c1-42(2,44)27-53-34(51(3)38-37(53)30-15-9-10-16-31(30)48-39(38)43)26-57-24-19-45-40-35-36(29-14-8-11-17-32(29)49-40)52(33(50-35)18-22-55-4)21-25-56-23-20-46-41(54)47-28-12-6-5-7-13-28/h5-17,34H,18-27,44H2,1-4H3,(H2,43,48)(H,45,49)(H2,46,47,54). The van der Waals surface area contributed by atoms with Gasteiger partial charge in [0.05, 0.1) is 55.3 Å². The van der Waals surface area contributed by atoms with Gasteiger partial charge in [-0.25, -0.2) is 19.7 Å². The molecule has 7 N–H and O–H groups in total. The van der Waals surface area contributed by atoms with Crippen molar-refractivity contribution in [2.75, 3.05) is 93.0 Å². The average molecular weight is 776 g/mol. The van der Waals surface area contributed by atoms with Crippen molar-refractivity contribution in [3.8, 4) is 0 Å². The van der Waals surface area contributed by atoms with Crippen LogP contribution < -0.4 is 37.2 Å². The normalized spacial score (nSPS) is 14.2. The van der Waals surface area contributed by atoms with Gasteiger partial charge in [0.15, 0.2) is 5.82 Å². The van der Waals surface area contributed by atoms with Crippen molar-refractivity contribution in [1.29, 1.82) is 0 Å². The molecule has 0 spiro atoms. The number of hydrogen-bond donors (Lipinski definition) is 5. The first-order valence-electron chi connectivity index (χ1n) is 19.4. The molecule has 0 saturated carbocycles. The first-order valence-corrected chi connectivity index (χ1v) is 19.4. The molecule has 1 aliphatic rings. The van der Waals surface area contributed by atoms with Gasteiger partial charge in [0.1, 0.15) is 29.0 Å². The van der Waals surface area contributed by atoms with Gasteiger partial charge in [0.2, 0.25) is 0 Å². The van der Waals surface area contributed by atoms with Crippen LogP contribution in [0.5, 0.6) is 0 Å². The van der Waals surface area contributed by atoms with Crippen molar-refractivity contribution in [1.82, 2.24) is 24.8 Å². The summed E-state index contributed by atoms with van der Waals surface area (Å²) >= 11 is 0. The minimum Gasteiger partial charge on any atom is -0.384 e. The topological polar surface area (TPSA) is 183 Å². The first kappa shape index (κ1) is 39.5. The van der Waals surface area contributed by atoms with Gasteiger partial charge < -0.3 is 56.0 Å². The Balaban J connectivity index is 1.02. The number of para-hydroxylation sites is 3. The fourth-order valence-corrected chi connectivity index (χ4v) is 7.43. The molecule has 0 aliphatic carbocycles. The van der Waals surface area contributed by atoms with Crippen molar-refractivity contribution in [3.05, 3.63) is 84.7 Å². The molecule has 1 atom stereocenters. The Bertz CT molecular complexity index is 2310. The van der Waals surface area contributed by atoms with E-state index >= 15 is 0 Å². The van der Waals surface area contributed by atoms with E-state index < -0.39 is 5.54 Å². The average Bonchev–Trinajstić information content (AvgIpc) is 3.69. The highest BCUT2D eigenvalue weighted by atomic mass is 16.5. The Labute approximate surface area is 332 Å². The van der Waals surface area contributed by atoms with E-state index in [9.17, 15) is 4.79 Å². The van der Waals surface area contributed by atoms with Gasteiger partial charge in [-0.05, 0) is 38.1 Å². The smallest absolute Gasteiger partial charge is 0.319 e. The molecule has 15 heteroatoms. The lowest BCUT2D eigenvalue weighted by molar-refractivity contribution is 0.128. The molecule has 300 valence electrons. The molecule has 6 aromatic rings. The molecule has 0 saturated heterocycles. The third-order valence-electron chi connectivity index (χ3n) is 9.91. The summed E-state index contributed by atoms with van der Waals surface area (Å²) in [5, 5.41) is 11.2. The highest BCUT2D eigenvalue weighted by Gasteiger charge is 2.39. The summed E-state index contributed by atoms with van der Waals surface area (Å²) in [4.78, 5) is 31.5. The molecular formula is C42H53N11O4. The Kier molecular flexibility index (Phi) is 12.2. The molecular weight excluding hydrogens is 723 g/mol. The number of anilines is 5. The van der Waals surface area contributed by atoms with Crippen LogP contribution in [0.1, 0.15) is 19.7 Å². The van der Waals surface area contributed by atoms with Crippen LogP contribution >= 0.6 is 0 Å². The van der Waals surface area contributed by atoms with Crippen molar-refractivity contribution >= 4 is 67.6 Å². The maximum Gasteiger partial charge on any atom is 0.319 e. The minimum atomic E-state index is -0.468. The molecule has 3 aromatic carbocycles. The van der Waals surface area contributed by atoms with E-state index in [0.29, 0.717) is 77.3 Å². The van der Waals surface area contributed by atoms with E-state index in [-0.39, 0.29) is 12.2 Å². The summed E-state index contributed by atoms with van der Waals surface area (Å²) in [6.07, 6.45) is 0.484. The van der Waals surface area contributed by atoms with Gasteiger partial charge in [0.25, 0.3) is 0 Å². The summed E-state index contributed by atoms with van der Waals surface area (Å²) in [6, 6.07) is 25.2. The summed E-state index contributed by atoms with van der Waals surface area (Å²) in [6.45, 7) is 8.25. The molecule has 0 radical (unpaired) electrons. The van der Waals surface area contributed by atoms with E-state index in [1.807, 2.05) is 87.6 Å². The SMILES string of the molecule is COCCc1nc2c(NCCOCC3N(C)c4c(N)nc5ccccc5c4N3CC(C)(C)N)nc3ccccc3c2n1CCOCCNC(=O)Nc1ccccc1. The third kappa shape index (κ3) is 8.97. The lowest BCUT2D eigenvalue weighted by atomic mass is 10.1. The number of pyridine rings is 2. The number of methoxy groups -OCH3 is 1. The van der Waals surface area contributed by atoms with Crippen molar-refractivity contribution in [3.63, 3.8) is 0 Å². The second-order valence-electron chi connectivity index (χ2n) is 14.9. The lowest BCUT2D eigenvalue weighted by Gasteiger charge is -2.35. The number of benzene rings is 3. The van der Waals surface area contributed by atoms with Gasteiger partial charge in [-0.3, -0.25) is 0 Å². The number of aromatic nitrogens is 4. The van der Waals surface area contributed by atoms with E-state index in [1.165, 1.54) is 0 Å². The molecule has 0 fully saturated rings. The zero-order valence-corrected chi connectivity index (χ0v) is 33.1. The predicted octanol–water partition coefficient (Wildman–Crippen LogP) is 5.19. The number of ether oxygens (including phenoxy) is 3. The summed E-state index contributed by atoms with van der Waals surface area (Å²) in [5.74, 6) is 2.04. The van der Waals surface area contributed by atoms with Crippen LogP contribution in [0.3, 0.4) is 0 Å². The Morgan fingerprint density at radius 1 is 0.842 bits per heavy atom. The van der Waals surface area contributed by atoms with E-state index in [4.69, 9.17) is 40.6 Å². The zero-order valence-electron chi connectivity index (χ0n) is 33.1. The summed E-state index contributed by atoms with van der Waals surface area (Å²) in [7, 11) is 3.72. The highest BCUT2D eigenvalue weighted by molar-refractivity contribution is 6.07. The number of rotatable bonds is 18. The first-order chi connectivity index (χ1) is 27.6. The molecule has 3 aromatic heterocycles. The number of fused-ring (bicyclic) bond motifs is 6. The monoisotopic (exact) mass is 775 g/mol. The molecule has 7 rings (SSSR count). The summed E-state index contributed by atoms with van der Waals surface area (Å²) < 4.78 is 20.0. The van der Waals surface area contributed by atoms with Gasteiger partial charge >= 0.3 is 6.03 Å². The second-order valence-corrected chi connectivity index (χ2v) is 14.9. The third-order valence-corrected chi connectivity index (χ3v) is 9.91. The number of imidazole rings is 1. The minimum absolute atomic E-state index is 0.133. The number of nitrogens with zero attached hydrogens (tertiary/aromatic N) is 6. The molecule has 4 heterocycles. The van der Waals surface area contributed by atoms with Crippen LogP contribution in [-0.4, -0.2) is 104 Å². The number of nitrogen functional groups attached to an aromatic ring is 1. The molecule has 15 nitrogen and oxygen atoms in total. The van der Waals surface area contributed by atoms with E-state index in [0.717, 1.165) is 55.7 Å². The van der Waals surface area contributed by atoms with Crippen LogP contribution in [-0.2, 0) is 27.2 Å². The van der Waals surface area contributed by atoms with Crippen molar-refractivity contribution < 1.29 is 19.0 Å². The maximum atomic E-state index is 12.3. The van der Waals surface area contributed by atoms with Crippen molar-refractivity contribution in [2.24, 2.45) is 5.73 Å². The molecule has 57 heavy (non-hydrogen) atoms. The van der Waals surface area contributed by atoms with Crippen LogP contribution in [0.4, 0.5) is 33.5 Å². The molecule has 2 amide bonds. The van der Waals surface area contributed by atoms with Crippen LogP contribution in [0.2, 0.25) is 0 Å². The van der Waals surface area contributed by atoms with Crippen molar-refractivity contribution in [2.45, 2.75) is 38.5 Å². The quantitative estimate of drug-likeness (QED) is 0.0722. The number of amides is 2. The Morgan fingerprint density at radius 2 is 1.54 bits per heavy atom. The van der Waals surface area contributed by atoms with Gasteiger partial charge in [0, 0.05) is 68.8 Å². The molecule has 1 unspecified atom stereocenters. The second kappa shape index (κ2) is 17.6. The van der Waals surface area contributed by atoms with E-state index in [1.54, 1.807) is 7.11 Å². The highest BCUT2D eigenvalue weighted by Crippen LogP contribution is 2.46. The Hall–Kier alpha value is -5.74. The van der Waals surface area contributed by atoms with Crippen LogP contribution in [0, 0.1) is 0 Å². The number of nitrogens with two attached hydrogens (primary N) is 2. The number of hydrogen-bond acceptors (Lipinski definition) is 12. The van der Waals surface area contributed by atoms with E-state index in [2.05, 4.69) is 42.5 Å². The fourth-order valence-electron chi connectivity index (χ4n) is 7.43. The number of nitrogens with one attached hydrogen (secondary N) is 3. The number of likely N-dealkylation sites (N-methyl/N-ethyl adjacent to an activating group) is 1. The molecule has 0 bridgehead atoms. The fraction of sp³-hybridized carbons (Fsp3) is 0.381. The number of urea groups is 1. The van der Waals surface area contributed by atoms with Crippen LogP contribution in [0.25, 0.3) is 32.8 Å². The predicted molar refractivity (Wildman–Crippen MR) is 228 cm³/mol. The van der Waals surface area contributed by atoms with Crippen LogP contribution in [0.15, 0.2) is 78.9 Å².